The summed E-state index contributed by atoms with van der Waals surface area (Å²) in [6.07, 6.45) is -5.88. The molecular weight excluding hydrogens is 251 g/mol. The second-order valence-electron chi connectivity index (χ2n) is 3.82. The topological polar surface area (TPSA) is 67.3 Å². The third-order valence-corrected chi connectivity index (χ3v) is 1.82. The summed E-state index contributed by atoms with van der Waals surface area (Å²) in [7, 11) is 0. The SMILES string of the molecule is CC(C)Oc1ccnc(NCC(O)C(F)(F)F)n1. The van der Waals surface area contributed by atoms with Crippen LogP contribution in [-0.4, -0.2) is 40.0 Å². The van der Waals surface area contributed by atoms with E-state index in [1.807, 2.05) is 0 Å². The van der Waals surface area contributed by atoms with Gasteiger partial charge in [0.05, 0.1) is 12.6 Å². The van der Waals surface area contributed by atoms with Gasteiger partial charge in [0.1, 0.15) is 0 Å². The summed E-state index contributed by atoms with van der Waals surface area (Å²) < 4.78 is 41.4. The highest BCUT2D eigenvalue weighted by molar-refractivity contribution is 5.27. The van der Waals surface area contributed by atoms with Gasteiger partial charge in [0.2, 0.25) is 11.8 Å². The Morgan fingerprint density at radius 2 is 2.11 bits per heavy atom. The predicted octanol–water partition coefficient (Wildman–Crippen LogP) is 1.60. The van der Waals surface area contributed by atoms with E-state index in [1.54, 1.807) is 13.8 Å². The molecule has 2 N–H and O–H groups in total. The number of hydrogen-bond acceptors (Lipinski definition) is 5. The quantitative estimate of drug-likeness (QED) is 0.846. The van der Waals surface area contributed by atoms with Crippen LogP contribution in [0.1, 0.15) is 13.8 Å². The van der Waals surface area contributed by atoms with Gasteiger partial charge in [-0.1, -0.05) is 0 Å². The summed E-state index contributed by atoms with van der Waals surface area (Å²) in [6.45, 7) is 2.87. The molecule has 18 heavy (non-hydrogen) atoms. The molecule has 0 aliphatic carbocycles. The second-order valence-corrected chi connectivity index (χ2v) is 3.82. The Hall–Kier alpha value is -1.57. The molecule has 1 atom stereocenters. The zero-order valence-electron chi connectivity index (χ0n) is 9.90. The predicted molar refractivity (Wildman–Crippen MR) is 58.3 cm³/mol. The van der Waals surface area contributed by atoms with E-state index in [1.165, 1.54) is 12.3 Å². The first-order valence-corrected chi connectivity index (χ1v) is 5.27. The average Bonchev–Trinajstić information content (AvgIpc) is 2.24. The van der Waals surface area contributed by atoms with Crippen molar-refractivity contribution >= 4 is 5.95 Å². The van der Waals surface area contributed by atoms with Gasteiger partial charge in [0.15, 0.2) is 6.10 Å². The van der Waals surface area contributed by atoms with Crippen LogP contribution in [0.2, 0.25) is 0 Å². The molecule has 0 aliphatic heterocycles. The van der Waals surface area contributed by atoms with Crippen LogP contribution in [0, 0.1) is 0 Å². The van der Waals surface area contributed by atoms with E-state index >= 15 is 0 Å². The van der Waals surface area contributed by atoms with Crippen molar-refractivity contribution in [3.8, 4) is 5.88 Å². The number of rotatable bonds is 5. The Balaban J connectivity index is 2.57. The van der Waals surface area contributed by atoms with Crippen molar-refractivity contribution in [2.75, 3.05) is 11.9 Å². The first-order valence-electron chi connectivity index (χ1n) is 5.27. The number of alkyl halides is 3. The highest BCUT2D eigenvalue weighted by Crippen LogP contribution is 2.20. The van der Waals surface area contributed by atoms with E-state index in [4.69, 9.17) is 9.84 Å². The van der Waals surface area contributed by atoms with Gasteiger partial charge in [0, 0.05) is 12.3 Å². The minimum absolute atomic E-state index is 0.0311. The molecule has 8 heteroatoms. The van der Waals surface area contributed by atoms with Crippen LogP contribution < -0.4 is 10.1 Å². The lowest BCUT2D eigenvalue weighted by atomic mass is 10.3. The molecular formula is C10H14F3N3O2. The van der Waals surface area contributed by atoms with E-state index in [0.717, 1.165) is 0 Å². The summed E-state index contributed by atoms with van der Waals surface area (Å²) >= 11 is 0. The first-order chi connectivity index (χ1) is 8.29. The fourth-order valence-electron chi connectivity index (χ4n) is 1.04. The third-order valence-electron chi connectivity index (χ3n) is 1.82. The van der Waals surface area contributed by atoms with Crippen LogP contribution in [0.25, 0.3) is 0 Å². The average molecular weight is 265 g/mol. The van der Waals surface area contributed by atoms with Crippen molar-refractivity contribution in [1.29, 1.82) is 0 Å². The number of aromatic nitrogens is 2. The minimum Gasteiger partial charge on any atom is -0.475 e. The van der Waals surface area contributed by atoms with Gasteiger partial charge < -0.3 is 15.2 Å². The molecule has 0 saturated carbocycles. The molecule has 1 unspecified atom stereocenters. The Kier molecular flexibility index (Phi) is 4.71. The Labute approximate surface area is 102 Å². The lowest BCUT2D eigenvalue weighted by Gasteiger charge is -2.15. The fraction of sp³-hybridized carbons (Fsp3) is 0.600. The van der Waals surface area contributed by atoms with Crippen molar-refractivity contribution < 1.29 is 23.0 Å². The normalized spacial score (nSPS) is 13.5. The van der Waals surface area contributed by atoms with Crippen molar-refractivity contribution in [3.05, 3.63) is 12.3 Å². The molecule has 1 rings (SSSR count). The summed E-state index contributed by atoms with van der Waals surface area (Å²) in [5.74, 6) is 0.223. The molecule has 0 amide bonds. The molecule has 1 aromatic heterocycles. The maximum absolute atomic E-state index is 12.0. The van der Waals surface area contributed by atoms with Gasteiger partial charge in [-0.25, -0.2) is 4.98 Å². The monoisotopic (exact) mass is 265 g/mol. The second kappa shape index (κ2) is 5.85. The lowest BCUT2D eigenvalue weighted by Crippen LogP contribution is -2.35. The molecule has 0 radical (unpaired) electrons. The zero-order chi connectivity index (χ0) is 13.8. The molecule has 1 aromatic rings. The largest absolute Gasteiger partial charge is 0.475 e. The molecule has 1 heterocycles. The zero-order valence-corrected chi connectivity index (χ0v) is 9.90. The van der Waals surface area contributed by atoms with Crippen LogP contribution in [0.4, 0.5) is 19.1 Å². The number of hydrogen-bond donors (Lipinski definition) is 2. The standard InChI is InChI=1S/C10H14F3N3O2/c1-6(2)18-8-3-4-14-9(16-8)15-5-7(17)10(11,12)13/h3-4,6-7,17H,5H2,1-2H3,(H,14,15,16). The summed E-state index contributed by atoms with van der Waals surface area (Å²) in [5.41, 5.74) is 0. The molecule has 0 saturated heterocycles. The molecule has 0 fully saturated rings. The minimum atomic E-state index is -4.67. The van der Waals surface area contributed by atoms with Crippen molar-refractivity contribution in [1.82, 2.24) is 9.97 Å². The number of aliphatic hydroxyl groups excluding tert-OH is 1. The molecule has 5 nitrogen and oxygen atoms in total. The van der Waals surface area contributed by atoms with Gasteiger partial charge in [-0.2, -0.15) is 18.2 Å². The maximum atomic E-state index is 12.0. The number of halogens is 3. The number of aliphatic hydroxyl groups is 1. The van der Waals surface area contributed by atoms with Crippen LogP contribution in [0.15, 0.2) is 12.3 Å². The number of ether oxygens (including phenoxy) is 1. The summed E-state index contributed by atoms with van der Waals surface area (Å²) in [5, 5.41) is 11.1. The maximum Gasteiger partial charge on any atom is 0.416 e. The molecule has 0 bridgehead atoms. The Bertz CT molecular complexity index is 385. The fourth-order valence-corrected chi connectivity index (χ4v) is 1.04. The van der Waals surface area contributed by atoms with E-state index in [0.29, 0.717) is 0 Å². The molecule has 0 aliphatic rings. The van der Waals surface area contributed by atoms with Crippen LogP contribution >= 0.6 is 0 Å². The van der Waals surface area contributed by atoms with Gasteiger partial charge in [-0.15, -0.1) is 0 Å². The van der Waals surface area contributed by atoms with Crippen LogP contribution in [0.3, 0.4) is 0 Å². The van der Waals surface area contributed by atoms with E-state index in [-0.39, 0.29) is 17.9 Å². The van der Waals surface area contributed by atoms with E-state index in [9.17, 15) is 13.2 Å². The lowest BCUT2D eigenvalue weighted by molar-refractivity contribution is -0.198. The van der Waals surface area contributed by atoms with Crippen molar-refractivity contribution in [2.45, 2.75) is 32.2 Å². The number of nitrogens with one attached hydrogen (secondary N) is 1. The highest BCUT2D eigenvalue weighted by atomic mass is 19.4. The third kappa shape index (κ3) is 4.74. The number of anilines is 1. The van der Waals surface area contributed by atoms with Crippen LogP contribution in [-0.2, 0) is 0 Å². The first kappa shape index (κ1) is 14.5. The molecule has 0 spiro atoms. The smallest absolute Gasteiger partial charge is 0.416 e. The van der Waals surface area contributed by atoms with Crippen LogP contribution in [0.5, 0.6) is 5.88 Å². The van der Waals surface area contributed by atoms with Gasteiger partial charge in [0.25, 0.3) is 0 Å². The van der Waals surface area contributed by atoms with E-state index < -0.39 is 18.8 Å². The van der Waals surface area contributed by atoms with Gasteiger partial charge >= 0.3 is 6.18 Å². The highest BCUT2D eigenvalue weighted by Gasteiger charge is 2.37. The van der Waals surface area contributed by atoms with Crippen molar-refractivity contribution in [3.63, 3.8) is 0 Å². The van der Waals surface area contributed by atoms with Gasteiger partial charge in [-0.3, -0.25) is 0 Å². The van der Waals surface area contributed by atoms with Crippen molar-refractivity contribution in [2.24, 2.45) is 0 Å². The summed E-state index contributed by atoms with van der Waals surface area (Å²) in [6, 6.07) is 1.49. The summed E-state index contributed by atoms with van der Waals surface area (Å²) in [4.78, 5) is 7.56. The van der Waals surface area contributed by atoms with Gasteiger partial charge in [-0.05, 0) is 13.8 Å². The molecule has 0 aromatic carbocycles. The Morgan fingerprint density at radius 1 is 1.44 bits per heavy atom. The molecule has 102 valence electrons. The number of nitrogens with zero attached hydrogens (tertiary/aromatic N) is 2. The van der Waals surface area contributed by atoms with E-state index in [2.05, 4.69) is 15.3 Å². The Morgan fingerprint density at radius 3 is 2.67 bits per heavy atom.